The van der Waals surface area contributed by atoms with Gasteiger partial charge in [-0.1, -0.05) is 0 Å². The third-order valence-electron chi connectivity index (χ3n) is 6.39. The van der Waals surface area contributed by atoms with Crippen molar-refractivity contribution in [2.24, 2.45) is 0 Å². The Hall–Kier alpha value is -5.32. The van der Waals surface area contributed by atoms with Crippen molar-refractivity contribution in [1.82, 2.24) is 0 Å². The molecule has 0 bridgehead atoms. The van der Waals surface area contributed by atoms with Crippen molar-refractivity contribution in [3.05, 3.63) is 70.8 Å². The zero-order chi connectivity index (χ0) is 29.8. The highest BCUT2D eigenvalue weighted by atomic mass is 16.6. The second-order valence-corrected chi connectivity index (χ2v) is 8.56. The Labute approximate surface area is 234 Å². The third kappa shape index (κ3) is 5.42. The van der Waals surface area contributed by atoms with E-state index in [4.69, 9.17) is 28.4 Å². The molecule has 41 heavy (non-hydrogen) atoms. The largest absolute Gasteiger partial charge is 0.493 e. The van der Waals surface area contributed by atoms with Gasteiger partial charge in [-0.15, -0.1) is 0 Å². The Morgan fingerprint density at radius 1 is 0.488 bits per heavy atom. The molecule has 4 aromatic carbocycles. The van der Waals surface area contributed by atoms with Gasteiger partial charge < -0.3 is 33.2 Å². The summed E-state index contributed by atoms with van der Waals surface area (Å²) >= 11 is 0. The Kier molecular flexibility index (Phi) is 8.27. The van der Waals surface area contributed by atoms with Crippen molar-refractivity contribution >= 4 is 45.4 Å². The number of rotatable bonds is 6. The summed E-state index contributed by atoms with van der Waals surface area (Å²) in [6.07, 6.45) is 0. The van der Waals surface area contributed by atoms with Crippen LogP contribution in [-0.4, -0.2) is 66.5 Å². The lowest BCUT2D eigenvalue weighted by Crippen LogP contribution is -2.11. The number of ether oxygens (including phenoxy) is 7. The number of esters is 4. The molecular weight excluding hydrogens is 536 g/mol. The molecule has 1 aliphatic heterocycles. The molecule has 0 N–H and O–H groups in total. The van der Waals surface area contributed by atoms with Crippen molar-refractivity contribution in [3.8, 4) is 23.0 Å². The molecular formula is C30H26O11. The average molecular weight is 563 g/mol. The van der Waals surface area contributed by atoms with Gasteiger partial charge in [0.05, 0.1) is 64.9 Å². The van der Waals surface area contributed by atoms with E-state index in [1.165, 1.54) is 42.7 Å². The van der Waals surface area contributed by atoms with Gasteiger partial charge in [0, 0.05) is 0 Å². The summed E-state index contributed by atoms with van der Waals surface area (Å²) in [7, 11) is 8.62. The fourth-order valence-electron chi connectivity index (χ4n) is 4.34. The molecule has 1 aliphatic rings. The number of hydrogen-bond acceptors (Lipinski definition) is 11. The lowest BCUT2D eigenvalue weighted by atomic mass is 10.00. The van der Waals surface area contributed by atoms with E-state index in [0.717, 1.165) is 10.8 Å². The van der Waals surface area contributed by atoms with E-state index in [-0.39, 0.29) is 22.3 Å². The van der Waals surface area contributed by atoms with E-state index in [1.54, 1.807) is 48.5 Å². The van der Waals surface area contributed by atoms with Crippen LogP contribution in [0.3, 0.4) is 0 Å². The zero-order valence-corrected chi connectivity index (χ0v) is 23.1. The molecule has 5 rings (SSSR count). The van der Waals surface area contributed by atoms with Crippen LogP contribution in [0.4, 0.5) is 0 Å². The van der Waals surface area contributed by atoms with Gasteiger partial charge >= 0.3 is 23.9 Å². The molecule has 0 spiro atoms. The average Bonchev–Trinajstić information content (AvgIpc) is 3.28. The van der Waals surface area contributed by atoms with E-state index in [0.29, 0.717) is 33.8 Å². The monoisotopic (exact) mass is 562 g/mol. The van der Waals surface area contributed by atoms with Crippen LogP contribution in [0.1, 0.15) is 41.4 Å². The van der Waals surface area contributed by atoms with Gasteiger partial charge in [-0.25, -0.2) is 19.2 Å². The second kappa shape index (κ2) is 11.8. The van der Waals surface area contributed by atoms with Crippen LogP contribution in [0.25, 0.3) is 21.5 Å². The predicted molar refractivity (Wildman–Crippen MR) is 147 cm³/mol. The van der Waals surface area contributed by atoms with Crippen molar-refractivity contribution in [2.45, 2.75) is 0 Å². The fourth-order valence-corrected chi connectivity index (χ4v) is 4.34. The van der Waals surface area contributed by atoms with Crippen LogP contribution < -0.4 is 18.9 Å². The predicted octanol–water partition coefficient (Wildman–Crippen LogP) is 4.60. The van der Waals surface area contributed by atoms with Crippen molar-refractivity contribution in [1.29, 1.82) is 0 Å². The van der Waals surface area contributed by atoms with E-state index in [1.807, 2.05) is 0 Å². The maximum absolute atomic E-state index is 11.9. The fraction of sp³-hybridized carbons (Fsp3) is 0.200. The van der Waals surface area contributed by atoms with Crippen molar-refractivity contribution in [3.63, 3.8) is 0 Å². The molecule has 0 aromatic heterocycles. The van der Waals surface area contributed by atoms with Gasteiger partial charge in [0.2, 0.25) is 0 Å². The molecule has 0 radical (unpaired) electrons. The molecule has 0 saturated heterocycles. The lowest BCUT2D eigenvalue weighted by molar-refractivity contribution is 0.0442. The quantitative estimate of drug-likeness (QED) is 0.185. The number of hydrogen-bond donors (Lipinski definition) is 0. The van der Waals surface area contributed by atoms with Gasteiger partial charge in [-0.05, 0) is 70.1 Å². The lowest BCUT2D eigenvalue weighted by Gasteiger charge is -2.12. The first kappa shape index (κ1) is 28.7. The smallest absolute Gasteiger partial charge is 0.346 e. The van der Waals surface area contributed by atoms with Gasteiger partial charge in [0.25, 0.3) is 0 Å². The Morgan fingerprint density at radius 2 is 0.780 bits per heavy atom. The topological polar surface area (TPSA) is 133 Å². The molecule has 212 valence electrons. The first-order valence-corrected chi connectivity index (χ1v) is 12.0. The van der Waals surface area contributed by atoms with Gasteiger partial charge in [0.1, 0.15) is 0 Å². The SMILES string of the molecule is COC(=O)c1cc2cc(OC)c(OC)cc2cc1C(=O)OC.COc1cc2cc3c(cc2cc1OC)C(=O)OC3=O. The van der Waals surface area contributed by atoms with E-state index in [2.05, 4.69) is 4.74 Å². The van der Waals surface area contributed by atoms with Crippen LogP contribution >= 0.6 is 0 Å². The number of benzene rings is 4. The number of carbonyl (C=O) groups excluding carboxylic acids is 4. The van der Waals surface area contributed by atoms with Crippen LogP contribution in [-0.2, 0) is 14.2 Å². The number of cyclic esters (lactones) is 2. The molecule has 0 aliphatic carbocycles. The third-order valence-corrected chi connectivity index (χ3v) is 6.39. The molecule has 0 amide bonds. The highest BCUT2D eigenvalue weighted by Gasteiger charge is 2.30. The summed E-state index contributed by atoms with van der Waals surface area (Å²) < 4.78 is 34.9. The van der Waals surface area contributed by atoms with Crippen molar-refractivity contribution in [2.75, 3.05) is 42.7 Å². The summed E-state index contributed by atoms with van der Waals surface area (Å²) in [5.41, 5.74) is 0.831. The van der Waals surface area contributed by atoms with Crippen LogP contribution in [0, 0.1) is 0 Å². The minimum absolute atomic E-state index is 0.133. The maximum atomic E-state index is 11.9. The molecule has 11 nitrogen and oxygen atoms in total. The highest BCUT2D eigenvalue weighted by Crippen LogP contribution is 2.35. The molecule has 0 saturated carbocycles. The second-order valence-electron chi connectivity index (χ2n) is 8.56. The van der Waals surface area contributed by atoms with E-state index < -0.39 is 23.9 Å². The molecule has 4 aromatic rings. The van der Waals surface area contributed by atoms with Crippen LogP contribution in [0.2, 0.25) is 0 Å². The molecule has 1 heterocycles. The minimum Gasteiger partial charge on any atom is -0.493 e. The summed E-state index contributed by atoms with van der Waals surface area (Å²) in [4.78, 5) is 46.8. The zero-order valence-electron chi connectivity index (χ0n) is 23.1. The molecule has 0 fully saturated rings. The van der Waals surface area contributed by atoms with Gasteiger partial charge in [-0.2, -0.15) is 0 Å². The normalized spacial score (nSPS) is 11.7. The summed E-state index contributed by atoms with van der Waals surface area (Å²) in [5, 5.41) is 2.99. The maximum Gasteiger partial charge on any atom is 0.346 e. The number of fused-ring (bicyclic) bond motifs is 3. The summed E-state index contributed by atoms with van der Waals surface area (Å²) in [6.45, 7) is 0. The molecule has 0 unspecified atom stereocenters. The first-order chi connectivity index (χ1) is 19.7. The Balaban J connectivity index is 0.000000191. The number of methoxy groups -OCH3 is 6. The minimum atomic E-state index is -0.614. The van der Waals surface area contributed by atoms with E-state index >= 15 is 0 Å². The number of carbonyl (C=O) groups is 4. The highest BCUT2D eigenvalue weighted by molar-refractivity contribution is 6.17. The van der Waals surface area contributed by atoms with Gasteiger partial charge in [-0.3, -0.25) is 0 Å². The van der Waals surface area contributed by atoms with Crippen molar-refractivity contribution < 1.29 is 52.3 Å². The first-order valence-electron chi connectivity index (χ1n) is 12.0. The Morgan fingerprint density at radius 3 is 1.05 bits per heavy atom. The van der Waals surface area contributed by atoms with Gasteiger partial charge in [0.15, 0.2) is 23.0 Å². The van der Waals surface area contributed by atoms with Crippen LogP contribution in [0.15, 0.2) is 48.5 Å². The standard InChI is InChI=1S/C16H16O6.C14H10O5/c1-19-13-7-9-5-11(15(17)21-3)12(16(18)22-4)6-10(9)8-14(13)20-2;1-17-11-5-7-3-9-10(14(16)19-13(9)15)4-8(7)6-12(11)18-2/h5-8H,1-4H3;3-6H,1-2H3. The van der Waals surface area contributed by atoms with Crippen LogP contribution in [0.5, 0.6) is 23.0 Å². The van der Waals surface area contributed by atoms with E-state index in [9.17, 15) is 19.2 Å². The summed E-state index contributed by atoms with van der Waals surface area (Å²) in [6, 6.07) is 13.3. The Bertz CT molecular complexity index is 1580. The summed E-state index contributed by atoms with van der Waals surface area (Å²) in [5.74, 6) is -0.281. The molecule has 0 atom stereocenters. The molecule has 11 heteroatoms.